The molecule has 1 aromatic heterocycles. The van der Waals surface area contributed by atoms with E-state index in [0.29, 0.717) is 0 Å². The van der Waals surface area contributed by atoms with Crippen LogP contribution in [0.1, 0.15) is 11.4 Å². The van der Waals surface area contributed by atoms with Gasteiger partial charge >= 0.3 is 0 Å². The molecule has 0 aliphatic carbocycles. The largest absolute Gasteiger partial charge is 0.744 e. The van der Waals surface area contributed by atoms with Crippen LogP contribution in [-0.4, -0.2) is 17.5 Å². The van der Waals surface area contributed by atoms with Crippen molar-refractivity contribution in [3.63, 3.8) is 0 Å². The Bertz CT molecular complexity index is 624. The first-order valence-electron chi connectivity index (χ1n) is 5.72. The molecule has 0 aliphatic rings. The molecular formula is C13H18N2O3S. The van der Waals surface area contributed by atoms with Gasteiger partial charge in [-0.3, -0.25) is 0 Å². The Morgan fingerprint density at radius 1 is 1.16 bits per heavy atom. The lowest BCUT2D eigenvalue weighted by Gasteiger charge is -2.05. The Kier molecular flexibility index (Phi) is 4.85. The molecule has 0 aliphatic heterocycles. The molecular weight excluding hydrogens is 264 g/mol. The van der Waals surface area contributed by atoms with Crippen LogP contribution in [0.3, 0.4) is 0 Å². The minimum atomic E-state index is -4.27. The third-order valence-electron chi connectivity index (χ3n) is 2.84. The van der Waals surface area contributed by atoms with Gasteiger partial charge in [0, 0.05) is 6.92 Å². The molecule has 2 rings (SSSR count). The van der Waals surface area contributed by atoms with Gasteiger partial charge in [-0.05, 0) is 19.1 Å². The van der Waals surface area contributed by atoms with Gasteiger partial charge in [0.1, 0.15) is 22.5 Å². The van der Waals surface area contributed by atoms with Crippen molar-refractivity contribution in [2.45, 2.75) is 18.7 Å². The topological polar surface area (TPSA) is 66.0 Å². The van der Waals surface area contributed by atoms with Crippen molar-refractivity contribution in [1.29, 1.82) is 0 Å². The highest BCUT2D eigenvalue weighted by Crippen LogP contribution is 2.08. The van der Waals surface area contributed by atoms with E-state index < -0.39 is 10.1 Å². The fourth-order valence-electron chi connectivity index (χ4n) is 1.37. The first kappa shape index (κ1) is 15.4. The smallest absolute Gasteiger partial charge is 0.252 e. The van der Waals surface area contributed by atoms with E-state index in [4.69, 9.17) is 0 Å². The van der Waals surface area contributed by atoms with E-state index in [0.717, 1.165) is 5.56 Å². The predicted molar refractivity (Wildman–Crippen MR) is 70.5 cm³/mol. The van der Waals surface area contributed by atoms with Crippen molar-refractivity contribution in [3.8, 4) is 0 Å². The molecule has 0 saturated carbocycles. The number of imidazole rings is 1. The number of rotatable bonds is 1. The zero-order chi connectivity index (χ0) is 14.6. The second-order valence-electron chi connectivity index (χ2n) is 4.33. The highest BCUT2D eigenvalue weighted by Gasteiger charge is 2.00. The molecule has 0 amide bonds. The summed E-state index contributed by atoms with van der Waals surface area (Å²) in [6, 6.07) is 5.78. The van der Waals surface area contributed by atoms with Gasteiger partial charge in [-0.25, -0.2) is 17.6 Å². The molecule has 1 aromatic carbocycles. The van der Waals surface area contributed by atoms with E-state index in [1.165, 1.54) is 18.0 Å². The van der Waals surface area contributed by atoms with Crippen molar-refractivity contribution in [2.24, 2.45) is 14.1 Å². The standard InChI is InChI=1S/C7H8O3S.C6H11N2/c1-6-2-4-7(5-3-6)11(8,9)10;1-6-7(2)4-5-8(6)3/h2-5H,1H3,(H,8,9,10);4-5H,1-3H3/q;+1/p-1. The minimum Gasteiger partial charge on any atom is -0.744 e. The molecule has 0 atom stereocenters. The van der Waals surface area contributed by atoms with Crippen molar-refractivity contribution >= 4 is 10.1 Å². The fourth-order valence-corrected chi connectivity index (χ4v) is 1.84. The van der Waals surface area contributed by atoms with Crippen molar-refractivity contribution in [1.82, 2.24) is 4.57 Å². The van der Waals surface area contributed by atoms with Gasteiger partial charge < -0.3 is 4.55 Å². The van der Waals surface area contributed by atoms with Crippen LogP contribution in [0.25, 0.3) is 0 Å². The molecule has 0 saturated heterocycles. The number of aromatic nitrogens is 2. The van der Waals surface area contributed by atoms with Crippen LogP contribution in [0.15, 0.2) is 41.6 Å². The van der Waals surface area contributed by atoms with Crippen LogP contribution >= 0.6 is 0 Å². The molecule has 0 bridgehead atoms. The Morgan fingerprint density at radius 3 is 1.95 bits per heavy atom. The van der Waals surface area contributed by atoms with E-state index in [9.17, 15) is 13.0 Å². The molecule has 2 aromatic rings. The number of nitrogens with zero attached hydrogens (tertiary/aromatic N) is 2. The summed E-state index contributed by atoms with van der Waals surface area (Å²) in [5, 5.41) is 0. The maximum Gasteiger partial charge on any atom is 0.252 e. The van der Waals surface area contributed by atoms with Crippen LogP contribution < -0.4 is 4.57 Å². The summed E-state index contributed by atoms with van der Waals surface area (Å²) in [4.78, 5) is -0.178. The molecule has 6 heteroatoms. The zero-order valence-corrected chi connectivity index (χ0v) is 12.3. The van der Waals surface area contributed by atoms with Gasteiger partial charge in [0.15, 0.2) is 0 Å². The third-order valence-corrected chi connectivity index (χ3v) is 3.69. The summed E-state index contributed by atoms with van der Waals surface area (Å²) in [7, 11) is -0.196. The normalized spacial score (nSPS) is 10.8. The Labute approximate surface area is 113 Å². The summed E-state index contributed by atoms with van der Waals surface area (Å²) in [5.74, 6) is 1.27. The summed E-state index contributed by atoms with van der Waals surface area (Å²) in [5.41, 5.74) is 0.928. The maximum atomic E-state index is 10.4. The van der Waals surface area contributed by atoms with Gasteiger partial charge in [0.25, 0.3) is 5.82 Å². The van der Waals surface area contributed by atoms with E-state index in [1.807, 2.05) is 33.4 Å². The molecule has 1 heterocycles. The van der Waals surface area contributed by atoms with Crippen LogP contribution in [0.5, 0.6) is 0 Å². The van der Waals surface area contributed by atoms with Gasteiger partial charge in [0.05, 0.1) is 19.0 Å². The summed E-state index contributed by atoms with van der Waals surface area (Å²) in [6.45, 7) is 3.90. The molecule has 5 nitrogen and oxygen atoms in total. The van der Waals surface area contributed by atoms with E-state index in [2.05, 4.69) is 16.1 Å². The number of aryl methyl sites for hydroxylation is 3. The molecule has 0 radical (unpaired) electrons. The monoisotopic (exact) mass is 282 g/mol. The quantitative estimate of drug-likeness (QED) is 0.580. The lowest BCUT2D eigenvalue weighted by molar-refractivity contribution is -0.677. The Balaban J connectivity index is 0.000000200. The molecule has 0 unspecified atom stereocenters. The molecule has 19 heavy (non-hydrogen) atoms. The molecule has 0 N–H and O–H groups in total. The SMILES string of the molecule is Cc1ccc(S(=O)(=O)[O-])cc1.Cc1n(C)cc[n+]1C. The van der Waals surface area contributed by atoms with Crippen LogP contribution in [0.4, 0.5) is 0 Å². The fraction of sp³-hybridized carbons (Fsp3) is 0.308. The second-order valence-corrected chi connectivity index (χ2v) is 5.71. The maximum absolute atomic E-state index is 10.4. The average molecular weight is 282 g/mol. The highest BCUT2D eigenvalue weighted by molar-refractivity contribution is 7.85. The lowest BCUT2D eigenvalue weighted by Crippen LogP contribution is -2.29. The average Bonchev–Trinajstić information content (AvgIpc) is 2.61. The molecule has 104 valence electrons. The molecule has 0 spiro atoms. The van der Waals surface area contributed by atoms with E-state index >= 15 is 0 Å². The van der Waals surface area contributed by atoms with Gasteiger partial charge in [0.2, 0.25) is 0 Å². The highest BCUT2D eigenvalue weighted by atomic mass is 32.2. The van der Waals surface area contributed by atoms with E-state index in [1.54, 1.807) is 12.1 Å². The summed E-state index contributed by atoms with van der Waals surface area (Å²) >= 11 is 0. The number of hydrogen-bond acceptors (Lipinski definition) is 3. The van der Waals surface area contributed by atoms with Crippen molar-refractivity contribution in [3.05, 3.63) is 48.0 Å². The minimum absolute atomic E-state index is 0.178. The van der Waals surface area contributed by atoms with E-state index in [-0.39, 0.29) is 4.90 Å². The zero-order valence-electron chi connectivity index (χ0n) is 11.5. The Morgan fingerprint density at radius 2 is 1.68 bits per heavy atom. The van der Waals surface area contributed by atoms with Crippen molar-refractivity contribution in [2.75, 3.05) is 0 Å². The predicted octanol–water partition coefficient (Wildman–Crippen LogP) is 1.06. The van der Waals surface area contributed by atoms with Gasteiger partial charge in [-0.1, -0.05) is 17.7 Å². The lowest BCUT2D eigenvalue weighted by atomic mass is 10.2. The van der Waals surface area contributed by atoms with Crippen LogP contribution in [0.2, 0.25) is 0 Å². The van der Waals surface area contributed by atoms with Crippen LogP contribution in [-0.2, 0) is 24.2 Å². The first-order valence-corrected chi connectivity index (χ1v) is 7.13. The second kappa shape index (κ2) is 5.99. The molecule has 0 fully saturated rings. The van der Waals surface area contributed by atoms with Gasteiger partial charge in [-0.15, -0.1) is 0 Å². The van der Waals surface area contributed by atoms with Crippen LogP contribution in [0, 0.1) is 13.8 Å². The first-order chi connectivity index (χ1) is 8.71. The summed E-state index contributed by atoms with van der Waals surface area (Å²) < 4.78 is 35.3. The Hall–Kier alpha value is -1.66. The van der Waals surface area contributed by atoms with Gasteiger partial charge in [-0.2, -0.15) is 0 Å². The summed E-state index contributed by atoms with van der Waals surface area (Å²) in [6.07, 6.45) is 4.07. The third kappa shape index (κ3) is 4.50. The number of hydrogen-bond donors (Lipinski definition) is 0. The van der Waals surface area contributed by atoms with Crippen molar-refractivity contribution < 1.29 is 17.5 Å². The number of benzene rings is 1.